The van der Waals surface area contributed by atoms with E-state index in [4.69, 9.17) is 0 Å². The first-order chi connectivity index (χ1) is 14.8. The summed E-state index contributed by atoms with van der Waals surface area (Å²) >= 11 is 1.87. The van der Waals surface area contributed by atoms with Gasteiger partial charge in [-0.2, -0.15) is 0 Å². The largest absolute Gasteiger partial charge is 0.354 e. The Balaban J connectivity index is 1.50. The fourth-order valence-corrected chi connectivity index (χ4v) is 5.85. The molecule has 0 bridgehead atoms. The second-order valence-electron chi connectivity index (χ2n) is 7.91. The molecule has 0 aliphatic rings. The van der Waals surface area contributed by atoms with Crippen molar-refractivity contribution >= 4 is 64.1 Å². The Labute approximate surface area is 177 Å². The molecule has 0 fully saturated rings. The third-order valence-corrected chi connectivity index (χ3v) is 7.33. The number of nitrogens with one attached hydrogen (secondary N) is 1. The molecule has 0 aliphatic heterocycles. The summed E-state index contributed by atoms with van der Waals surface area (Å²) in [5.41, 5.74) is 4.93. The quantitative estimate of drug-likeness (QED) is 0.285. The van der Waals surface area contributed by atoms with E-state index in [1.54, 1.807) is 0 Å². The second kappa shape index (κ2) is 5.94. The molecular weight excluding hydrogens is 382 g/mol. The fourth-order valence-electron chi connectivity index (χ4n) is 4.74. The first-order valence-electron chi connectivity index (χ1n) is 10.2. The monoisotopic (exact) mass is 399 g/mol. The van der Waals surface area contributed by atoms with Gasteiger partial charge in [-0.15, -0.1) is 11.3 Å². The lowest BCUT2D eigenvalue weighted by atomic mass is 10.00. The van der Waals surface area contributed by atoms with Crippen molar-refractivity contribution in [2.45, 2.75) is 0 Å². The Morgan fingerprint density at radius 3 is 2.27 bits per heavy atom. The molecule has 0 aliphatic carbocycles. The molecule has 5 aromatic carbocycles. The number of thiophene rings is 1. The van der Waals surface area contributed by atoms with E-state index in [1.807, 2.05) is 11.3 Å². The maximum Gasteiger partial charge on any atom is 0.0559 e. The zero-order chi connectivity index (χ0) is 19.7. The van der Waals surface area contributed by atoms with E-state index in [2.05, 4.69) is 102 Å². The van der Waals surface area contributed by atoms with Gasteiger partial charge in [0.2, 0.25) is 0 Å². The highest BCUT2D eigenvalue weighted by molar-refractivity contribution is 7.26. The van der Waals surface area contributed by atoms with E-state index in [9.17, 15) is 0 Å². The molecule has 0 saturated carbocycles. The van der Waals surface area contributed by atoms with E-state index in [1.165, 1.54) is 63.9 Å². The van der Waals surface area contributed by atoms with E-state index >= 15 is 0 Å². The average molecular weight is 400 g/mol. The molecule has 0 atom stereocenters. The highest BCUT2D eigenvalue weighted by Gasteiger charge is 2.13. The Kier molecular flexibility index (Phi) is 3.21. The van der Waals surface area contributed by atoms with Crippen LogP contribution in [0.5, 0.6) is 0 Å². The van der Waals surface area contributed by atoms with Crippen LogP contribution in [0.25, 0.3) is 63.9 Å². The predicted molar refractivity (Wildman–Crippen MR) is 132 cm³/mol. The van der Waals surface area contributed by atoms with Gasteiger partial charge in [0, 0.05) is 36.5 Å². The van der Waals surface area contributed by atoms with E-state index in [0.717, 1.165) is 0 Å². The number of rotatable bonds is 1. The number of aromatic amines is 1. The summed E-state index contributed by atoms with van der Waals surface area (Å²) in [6, 6.07) is 35.3. The van der Waals surface area contributed by atoms with Crippen molar-refractivity contribution in [3.05, 3.63) is 97.1 Å². The van der Waals surface area contributed by atoms with Gasteiger partial charge in [0.05, 0.1) is 5.52 Å². The Bertz CT molecular complexity index is 1750. The van der Waals surface area contributed by atoms with Crippen molar-refractivity contribution in [2.24, 2.45) is 0 Å². The van der Waals surface area contributed by atoms with Gasteiger partial charge < -0.3 is 4.98 Å². The van der Waals surface area contributed by atoms with Gasteiger partial charge in [0.1, 0.15) is 0 Å². The average Bonchev–Trinajstić information content (AvgIpc) is 3.36. The van der Waals surface area contributed by atoms with Crippen molar-refractivity contribution in [3.63, 3.8) is 0 Å². The van der Waals surface area contributed by atoms with Gasteiger partial charge >= 0.3 is 0 Å². The van der Waals surface area contributed by atoms with Crippen LogP contribution in [-0.4, -0.2) is 4.98 Å². The van der Waals surface area contributed by atoms with Crippen molar-refractivity contribution < 1.29 is 0 Å². The lowest BCUT2D eigenvalue weighted by Crippen LogP contribution is -1.79. The van der Waals surface area contributed by atoms with Crippen LogP contribution in [0.4, 0.5) is 0 Å². The Hall–Kier alpha value is -3.62. The highest BCUT2D eigenvalue weighted by Crippen LogP contribution is 2.40. The molecule has 7 rings (SSSR count). The van der Waals surface area contributed by atoms with E-state index in [0.29, 0.717) is 0 Å². The molecule has 0 saturated heterocycles. The Morgan fingerprint density at radius 1 is 0.533 bits per heavy atom. The van der Waals surface area contributed by atoms with Gasteiger partial charge in [0.25, 0.3) is 0 Å². The lowest BCUT2D eigenvalue weighted by Gasteiger charge is -2.04. The molecule has 1 N–H and O–H groups in total. The van der Waals surface area contributed by atoms with Gasteiger partial charge in [-0.25, -0.2) is 0 Å². The van der Waals surface area contributed by atoms with Crippen molar-refractivity contribution in [1.82, 2.24) is 4.98 Å². The summed E-state index contributed by atoms with van der Waals surface area (Å²) in [7, 11) is 0. The summed E-state index contributed by atoms with van der Waals surface area (Å²) in [5, 5.41) is 7.82. The van der Waals surface area contributed by atoms with Crippen LogP contribution in [0.15, 0.2) is 97.1 Å². The van der Waals surface area contributed by atoms with Crippen LogP contribution in [0.1, 0.15) is 0 Å². The standard InChI is InChI=1S/C28H17NS/c1-2-6-18-15-19(10-9-17(18)5-1)20-11-12-21-22-13-14-26-27(28(22)29-24(21)16-20)23-7-3-4-8-25(23)30-26/h1-16,29H. The van der Waals surface area contributed by atoms with E-state index in [-0.39, 0.29) is 0 Å². The summed E-state index contributed by atoms with van der Waals surface area (Å²) in [4.78, 5) is 3.75. The molecule has 7 aromatic rings. The summed E-state index contributed by atoms with van der Waals surface area (Å²) in [6.07, 6.45) is 0. The van der Waals surface area contributed by atoms with Crippen LogP contribution >= 0.6 is 11.3 Å². The fraction of sp³-hybridized carbons (Fsp3) is 0. The molecule has 2 aromatic heterocycles. The Morgan fingerprint density at radius 2 is 1.30 bits per heavy atom. The first-order valence-corrected chi connectivity index (χ1v) is 11.0. The van der Waals surface area contributed by atoms with Gasteiger partial charge in [-0.1, -0.05) is 72.8 Å². The molecule has 0 radical (unpaired) electrons. The maximum absolute atomic E-state index is 3.75. The summed E-state index contributed by atoms with van der Waals surface area (Å²) in [5.74, 6) is 0. The number of aromatic nitrogens is 1. The normalized spacial score (nSPS) is 12.0. The predicted octanol–water partition coefficient (Wildman–Crippen LogP) is 8.51. The van der Waals surface area contributed by atoms with Crippen molar-refractivity contribution in [3.8, 4) is 11.1 Å². The molecule has 2 heteroatoms. The molecule has 0 unspecified atom stereocenters. The van der Waals surface area contributed by atoms with Crippen molar-refractivity contribution in [2.75, 3.05) is 0 Å². The third-order valence-electron chi connectivity index (χ3n) is 6.20. The molecule has 1 nitrogen and oxygen atoms in total. The smallest absolute Gasteiger partial charge is 0.0559 e. The minimum Gasteiger partial charge on any atom is -0.354 e. The first kappa shape index (κ1) is 16.2. The number of fused-ring (bicyclic) bond motifs is 8. The molecule has 140 valence electrons. The zero-order valence-electron chi connectivity index (χ0n) is 16.1. The van der Waals surface area contributed by atoms with Crippen molar-refractivity contribution in [1.29, 1.82) is 0 Å². The second-order valence-corrected chi connectivity index (χ2v) is 8.99. The van der Waals surface area contributed by atoms with Gasteiger partial charge in [-0.3, -0.25) is 0 Å². The number of hydrogen-bond acceptors (Lipinski definition) is 1. The van der Waals surface area contributed by atoms with Crippen LogP contribution < -0.4 is 0 Å². The van der Waals surface area contributed by atoms with Crippen LogP contribution in [0, 0.1) is 0 Å². The molecule has 0 amide bonds. The molecule has 2 heterocycles. The third kappa shape index (κ3) is 2.23. The molecule has 0 spiro atoms. The number of H-pyrrole nitrogens is 1. The van der Waals surface area contributed by atoms with E-state index < -0.39 is 0 Å². The SMILES string of the molecule is c1ccc2cc(-c3ccc4c(c3)[nH]c3c4ccc4sc5ccccc5c43)ccc2c1. The summed E-state index contributed by atoms with van der Waals surface area (Å²) < 4.78 is 2.68. The van der Waals surface area contributed by atoms with Gasteiger partial charge in [-0.05, 0) is 46.2 Å². The summed E-state index contributed by atoms with van der Waals surface area (Å²) in [6.45, 7) is 0. The number of benzene rings is 5. The van der Waals surface area contributed by atoms with Crippen LogP contribution in [0.2, 0.25) is 0 Å². The van der Waals surface area contributed by atoms with Crippen LogP contribution in [0.3, 0.4) is 0 Å². The highest BCUT2D eigenvalue weighted by atomic mass is 32.1. The number of hydrogen-bond donors (Lipinski definition) is 1. The molecule has 30 heavy (non-hydrogen) atoms. The topological polar surface area (TPSA) is 15.8 Å². The van der Waals surface area contributed by atoms with Crippen LogP contribution in [-0.2, 0) is 0 Å². The minimum atomic E-state index is 1.19. The lowest BCUT2D eigenvalue weighted by molar-refractivity contribution is 1.56. The zero-order valence-corrected chi connectivity index (χ0v) is 17.0. The minimum absolute atomic E-state index is 1.19. The molecular formula is C28H17NS. The maximum atomic E-state index is 3.75. The van der Waals surface area contributed by atoms with Gasteiger partial charge in [0.15, 0.2) is 0 Å².